The fourth-order valence-electron chi connectivity index (χ4n) is 1.85. The fourth-order valence-corrected chi connectivity index (χ4v) is 2.78. The number of halogens is 1. The zero-order valence-electron chi connectivity index (χ0n) is 11.8. The van der Waals surface area contributed by atoms with Gasteiger partial charge >= 0.3 is 0 Å². The van der Waals surface area contributed by atoms with Crippen molar-refractivity contribution in [1.29, 1.82) is 0 Å². The van der Waals surface area contributed by atoms with Crippen LogP contribution < -0.4 is 5.32 Å². The monoisotopic (exact) mass is 289 g/mol. The van der Waals surface area contributed by atoms with Crippen LogP contribution in [0.2, 0.25) is 5.02 Å². The van der Waals surface area contributed by atoms with Crippen LogP contribution in [0, 0.1) is 0 Å². The van der Waals surface area contributed by atoms with Crippen LogP contribution in [-0.2, 0) is 19.5 Å². The minimum Gasteiger partial charge on any atom is -0.309 e. The molecule has 1 aromatic rings. The third-order valence-corrected chi connectivity index (χ3v) is 4.15. The third-order valence-electron chi connectivity index (χ3n) is 3.07. The molecule has 1 N–H and O–H groups in total. The smallest absolute Gasteiger partial charge is 0.0863 e. The zero-order valence-corrected chi connectivity index (χ0v) is 13.4. The molecule has 1 aromatic heterocycles. The van der Waals surface area contributed by atoms with E-state index in [1.807, 2.05) is 16.4 Å². The number of nitrogens with one attached hydrogen (secondary N) is 1. The summed E-state index contributed by atoms with van der Waals surface area (Å²) in [4.78, 5) is 0. The first kappa shape index (κ1) is 15.9. The van der Waals surface area contributed by atoms with Crippen molar-refractivity contribution in [2.45, 2.75) is 52.7 Å². The molecule has 0 amide bonds. The lowest BCUT2D eigenvalue weighted by atomic mass is 10.2. The minimum atomic E-state index is 0.513. The molecule has 3 nitrogen and oxygen atoms in total. The van der Waals surface area contributed by atoms with Gasteiger partial charge in [0.1, 0.15) is 0 Å². The molecule has 104 valence electrons. The topological polar surface area (TPSA) is 29.9 Å². The lowest BCUT2D eigenvalue weighted by Crippen LogP contribution is -2.27. The van der Waals surface area contributed by atoms with Gasteiger partial charge in [0.25, 0.3) is 0 Å². The SMILES string of the molecule is CCc1nn(CC)c(CNC(C)CCSC)c1Cl. The Kier molecular flexibility index (Phi) is 7.12. The normalized spacial score (nSPS) is 12.9. The van der Waals surface area contributed by atoms with E-state index in [0.717, 1.165) is 35.9 Å². The van der Waals surface area contributed by atoms with Crippen LogP contribution in [0.15, 0.2) is 0 Å². The molecule has 0 saturated carbocycles. The first-order valence-electron chi connectivity index (χ1n) is 6.60. The summed E-state index contributed by atoms with van der Waals surface area (Å²) >= 11 is 8.26. The summed E-state index contributed by atoms with van der Waals surface area (Å²) in [5.74, 6) is 1.19. The molecule has 18 heavy (non-hydrogen) atoms. The van der Waals surface area contributed by atoms with Crippen molar-refractivity contribution in [2.24, 2.45) is 0 Å². The van der Waals surface area contributed by atoms with Crippen LogP contribution in [0.1, 0.15) is 38.6 Å². The van der Waals surface area contributed by atoms with Crippen LogP contribution in [-0.4, -0.2) is 27.8 Å². The molecule has 1 unspecified atom stereocenters. The van der Waals surface area contributed by atoms with Gasteiger partial charge in [0.2, 0.25) is 0 Å². The molecule has 0 aliphatic rings. The van der Waals surface area contributed by atoms with Crippen molar-refractivity contribution >= 4 is 23.4 Å². The maximum Gasteiger partial charge on any atom is 0.0863 e. The Morgan fingerprint density at radius 2 is 2.17 bits per heavy atom. The van der Waals surface area contributed by atoms with E-state index in [1.54, 1.807) is 0 Å². The standard InChI is InChI=1S/C13H24ClN3S/c1-5-11-13(14)12(17(6-2)16-11)9-15-10(3)7-8-18-4/h10,15H,5-9H2,1-4H3. The fraction of sp³-hybridized carbons (Fsp3) is 0.769. The van der Waals surface area contributed by atoms with Gasteiger partial charge in [-0.15, -0.1) is 0 Å². The average molecular weight is 290 g/mol. The number of aromatic nitrogens is 2. The van der Waals surface area contributed by atoms with E-state index in [-0.39, 0.29) is 0 Å². The van der Waals surface area contributed by atoms with Gasteiger partial charge in [0, 0.05) is 19.1 Å². The minimum absolute atomic E-state index is 0.513. The van der Waals surface area contributed by atoms with Crippen LogP contribution in [0.4, 0.5) is 0 Å². The summed E-state index contributed by atoms with van der Waals surface area (Å²) in [5.41, 5.74) is 2.12. The number of hydrogen-bond donors (Lipinski definition) is 1. The van der Waals surface area contributed by atoms with Gasteiger partial charge in [-0.2, -0.15) is 16.9 Å². The number of hydrogen-bond acceptors (Lipinski definition) is 3. The van der Waals surface area contributed by atoms with Crippen LogP contribution in [0.5, 0.6) is 0 Å². The van der Waals surface area contributed by atoms with Gasteiger partial charge in [0.05, 0.1) is 16.4 Å². The molecular formula is C13H24ClN3S. The summed E-state index contributed by atoms with van der Waals surface area (Å²) in [6.45, 7) is 8.08. The van der Waals surface area contributed by atoms with Gasteiger partial charge in [-0.3, -0.25) is 4.68 Å². The molecule has 0 aromatic carbocycles. The predicted octanol–water partition coefficient (Wildman–Crippen LogP) is 3.35. The molecule has 0 fully saturated rings. The molecule has 1 heterocycles. The highest BCUT2D eigenvalue weighted by Gasteiger charge is 2.14. The second-order valence-corrected chi connectivity index (χ2v) is 5.80. The lowest BCUT2D eigenvalue weighted by Gasteiger charge is -2.14. The van der Waals surface area contributed by atoms with Gasteiger partial charge in [-0.1, -0.05) is 18.5 Å². The van der Waals surface area contributed by atoms with Crippen LogP contribution in [0.25, 0.3) is 0 Å². The number of nitrogens with zero attached hydrogens (tertiary/aromatic N) is 2. The molecule has 1 rings (SSSR count). The quantitative estimate of drug-likeness (QED) is 0.796. The number of aryl methyl sites for hydroxylation is 2. The van der Waals surface area contributed by atoms with E-state index < -0.39 is 0 Å². The highest BCUT2D eigenvalue weighted by atomic mass is 35.5. The second kappa shape index (κ2) is 8.08. The van der Waals surface area contributed by atoms with Crippen molar-refractivity contribution in [1.82, 2.24) is 15.1 Å². The van der Waals surface area contributed by atoms with Crippen LogP contribution in [0.3, 0.4) is 0 Å². The van der Waals surface area contributed by atoms with E-state index in [1.165, 1.54) is 12.2 Å². The van der Waals surface area contributed by atoms with Crippen LogP contribution >= 0.6 is 23.4 Å². The van der Waals surface area contributed by atoms with Crippen molar-refractivity contribution in [3.63, 3.8) is 0 Å². The Morgan fingerprint density at radius 1 is 1.44 bits per heavy atom. The zero-order chi connectivity index (χ0) is 13.5. The molecular weight excluding hydrogens is 266 g/mol. The highest BCUT2D eigenvalue weighted by Crippen LogP contribution is 2.21. The molecule has 0 aliphatic heterocycles. The molecule has 0 aliphatic carbocycles. The average Bonchev–Trinajstić information content (AvgIpc) is 2.69. The molecule has 0 bridgehead atoms. The van der Waals surface area contributed by atoms with E-state index in [4.69, 9.17) is 11.6 Å². The Balaban J connectivity index is 2.63. The van der Waals surface area contributed by atoms with Crippen molar-refractivity contribution in [3.05, 3.63) is 16.4 Å². The third kappa shape index (κ3) is 4.18. The van der Waals surface area contributed by atoms with Gasteiger partial charge < -0.3 is 5.32 Å². The van der Waals surface area contributed by atoms with Gasteiger partial charge in [0.15, 0.2) is 0 Å². The molecule has 0 radical (unpaired) electrons. The molecule has 0 saturated heterocycles. The maximum absolute atomic E-state index is 6.37. The van der Waals surface area contributed by atoms with E-state index in [2.05, 4.69) is 37.4 Å². The molecule has 0 spiro atoms. The highest BCUT2D eigenvalue weighted by molar-refractivity contribution is 7.98. The van der Waals surface area contributed by atoms with Crippen molar-refractivity contribution < 1.29 is 0 Å². The van der Waals surface area contributed by atoms with Crippen molar-refractivity contribution in [2.75, 3.05) is 12.0 Å². The van der Waals surface area contributed by atoms with Gasteiger partial charge in [-0.25, -0.2) is 0 Å². The van der Waals surface area contributed by atoms with Crippen molar-refractivity contribution in [3.8, 4) is 0 Å². The molecule has 1 atom stereocenters. The maximum atomic E-state index is 6.37. The number of rotatable bonds is 8. The summed E-state index contributed by atoms with van der Waals surface area (Å²) in [6.07, 6.45) is 4.21. The summed E-state index contributed by atoms with van der Waals surface area (Å²) < 4.78 is 2.01. The lowest BCUT2D eigenvalue weighted by molar-refractivity contribution is 0.508. The summed E-state index contributed by atoms with van der Waals surface area (Å²) in [7, 11) is 0. The van der Waals surface area contributed by atoms with E-state index in [9.17, 15) is 0 Å². The Labute approximate surface area is 120 Å². The Morgan fingerprint density at radius 3 is 2.72 bits per heavy atom. The van der Waals surface area contributed by atoms with E-state index in [0.29, 0.717) is 6.04 Å². The Hall–Kier alpha value is -0.190. The summed E-state index contributed by atoms with van der Waals surface area (Å²) in [6, 6.07) is 0.513. The van der Waals surface area contributed by atoms with E-state index >= 15 is 0 Å². The first-order valence-corrected chi connectivity index (χ1v) is 8.37. The van der Waals surface area contributed by atoms with Gasteiger partial charge in [-0.05, 0) is 38.7 Å². The predicted molar refractivity (Wildman–Crippen MR) is 81.6 cm³/mol. The summed E-state index contributed by atoms with van der Waals surface area (Å²) in [5, 5.41) is 8.89. The number of thioether (sulfide) groups is 1. The Bertz CT molecular complexity index is 365. The first-order chi connectivity index (χ1) is 8.63. The largest absolute Gasteiger partial charge is 0.309 e. The second-order valence-electron chi connectivity index (χ2n) is 4.44. The molecule has 5 heteroatoms.